The van der Waals surface area contributed by atoms with Crippen molar-refractivity contribution < 1.29 is 0 Å². The van der Waals surface area contributed by atoms with Crippen LogP contribution in [0.2, 0.25) is 0 Å². The predicted molar refractivity (Wildman–Crippen MR) is 36.9 cm³/mol. The van der Waals surface area contributed by atoms with Gasteiger partial charge in [0.25, 0.3) is 0 Å². The van der Waals surface area contributed by atoms with E-state index in [2.05, 4.69) is 17.2 Å². The van der Waals surface area contributed by atoms with Crippen LogP contribution < -0.4 is 11.2 Å². The average molecular weight is 128 g/mol. The van der Waals surface area contributed by atoms with E-state index in [-0.39, 0.29) is 0 Å². The van der Waals surface area contributed by atoms with Crippen LogP contribution in [0, 0.1) is 0 Å². The Morgan fingerprint density at radius 1 is 1.89 bits per heavy atom. The minimum atomic E-state index is 0.425. The van der Waals surface area contributed by atoms with Crippen molar-refractivity contribution in [1.29, 1.82) is 0 Å². The summed E-state index contributed by atoms with van der Waals surface area (Å²) in [5.74, 6) is 6.30. The maximum Gasteiger partial charge on any atom is 0.208 e. The first-order valence-electron chi connectivity index (χ1n) is 2.99. The summed E-state index contributed by atoms with van der Waals surface area (Å²) in [6.07, 6.45) is 0. The lowest BCUT2D eigenvalue weighted by Gasteiger charge is -2.06. The first-order valence-corrected chi connectivity index (χ1v) is 2.99. The van der Waals surface area contributed by atoms with Gasteiger partial charge in [-0.2, -0.15) is 0 Å². The molecule has 0 aromatic carbocycles. The number of nitrogens with one attached hydrogen (secondary N) is 1. The normalized spacial score (nSPS) is 31.2. The molecule has 0 saturated carbocycles. The molecule has 4 nitrogen and oxygen atoms in total. The van der Waals surface area contributed by atoms with Crippen LogP contribution in [0.3, 0.4) is 0 Å². The monoisotopic (exact) mass is 128 g/mol. The van der Waals surface area contributed by atoms with E-state index in [0.717, 1.165) is 12.5 Å². The van der Waals surface area contributed by atoms with Gasteiger partial charge in [-0.1, -0.05) is 0 Å². The molecule has 3 N–H and O–H groups in total. The van der Waals surface area contributed by atoms with Crippen LogP contribution >= 0.6 is 0 Å². The van der Waals surface area contributed by atoms with Crippen LogP contribution in [0.4, 0.5) is 0 Å². The molecular formula is C5H12N4. The van der Waals surface area contributed by atoms with Crippen LogP contribution in [0.25, 0.3) is 0 Å². The van der Waals surface area contributed by atoms with E-state index in [1.54, 1.807) is 12.1 Å². The van der Waals surface area contributed by atoms with Crippen molar-refractivity contribution in [2.24, 2.45) is 10.8 Å². The minimum absolute atomic E-state index is 0.425. The highest BCUT2D eigenvalue weighted by molar-refractivity contribution is 5.81. The Morgan fingerprint density at radius 2 is 2.56 bits per heavy atom. The Morgan fingerprint density at radius 3 is 2.78 bits per heavy atom. The summed E-state index contributed by atoms with van der Waals surface area (Å²) in [7, 11) is 1.72. The molecule has 1 aliphatic heterocycles. The SMILES string of the molecule is CN=C1NC(C)CN1N. The zero-order chi connectivity index (χ0) is 6.85. The largest absolute Gasteiger partial charge is 0.351 e. The molecule has 1 heterocycles. The maximum absolute atomic E-state index is 5.52. The van der Waals surface area contributed by atoms with E-state index in [1.165, 1.54) is 0 Å². The van der Waals surface area contributed by atoms with E-state index in [4.69, 9.17) is 5.84 Å². The smallest absolute Gasteiger partial charge is 0.208 e. The van der Waals surface area contributed by atoms with Crippen molar-refractivity contribution >= 4 is 5.96 Å². The van der Waals surface area contributed by atoms with Gasteiger partial charge in [-0.25, -0.2) is 5.84 Å². The summed E-state index contributed by atoms with van der Waals surface area (Å²) in [4.78, 5) is 3.93. The Balaban J connectivity index is 2.58. The van der Waals surface area contributed by atoms with Crippen molar-refractivity contribution in [3.8, 4) is 0 Å². The highest BCUT2D eigenvalue weighted by Crippen LogP contribution is 1.95. The number of rotatable bonds is 0. The molecule has 1 saturated heterocycles. The number of hydrogen-bond acceptors (Lipinski definition) is 2. The van der Waals surface area contributed by atoms with Gasteiger partial charge in [0.1, 0.15) is 0 Å². The van der Waals surface area contributed by atoms with Crippen LogP contribution in [0.5, 0.6) is 0 Å². The van der Waals surface area contributed by atoms with Gasteiger partial charge >= 0.3 is 0 Å². The van der Waals surface area contributed by atoms with Crippen LogP contribution in [-0.4, -0.2) is 30.6 Å². The summed E-state index contributed by atoms with van der Waals surface area (Å²) in [5.41, 5.74) is 0. The third-order valence-corrected chi connectivity index (χ3v) is 1.33. The number of nitrogens with zero attached hydrogens (tertiary/aromatic N) is 2. The van der Waals surface area contributed by atoms with Crippen molar-refractivity contribution in [3.63, 3.8) is 0 Å². The first kappa shape index (κ1) is 6.35. The topological polar surface area (TPSA) is 53.7 Å². The number of aliphatic imine (C=N–C) groups is 1. The molecule has 52 valence electrons. The Hall–Kier alpha value is -0.770. The fourth-order valence-electron chi connectivity index (χ4n) is 0.923. The summed E-state index contributed by atoms with van der Waals surface area (Å²) >= 11 is 0. The van der Waals surface area contributed by atoms with Crippen molar-refractivity contribution in [2.75, 3.05) is 13.6 Å². The molecule has 1 aliphatic rings. The second kappa shape index (κ2) is 2.23. The summed E-state index contributed by atoms with van der Waals surface area (Å²) in [6.45, 7) is 2.91. The molecule has 1 rings (SSSR count). The van der Waals surface area contributed by atoms with E-state index < -0.39 is 0 Å². The minimum Gasteiger partial charge on any atom is -0.351 e. The van der Waals surface area contributed by atoms with E-state index in [1.807, 2.05) is 0 Å². The second-order valence-corrected chi connectivity index (χ2v) is 2.24. The number of guanidine groups is 1. The van der Waals surface area contributed by atoms with E-state index >= 15 is 0 Å². The Bertz CT molecular complexity index is 131. The predicted octanol–water partition coefficient (Wildman–Crippen LogP) is -0.860. The Labute approximate surface area is 54.7 Å². The fourth-order valence-corrected chi connectivity index (χ4v) is 0.923. The molecule has 0 amide bonds. The highest BCUT2D eigenvalue weighted by Gasteiger charge is 2.19. The molecular weight excluding hydrogens is 116 g/mol. The lowest BCUT2D eigenvalue weighted by Crippen LogP contribution is -2.35. The number of hydrogen-bond donors (Lipinski definition) is 2. The van der Waals surface area contributed by atoms with Gasteiger partial charge in [0.2, 0.25) is 5.96 Å². The third-order valence-electron chi connectivity index (χ3n) is 1.33. The molecule has 0 radical (unpaired) electrons. The van der Waals surface area contributed by atoms with Gasteiger partial charge in [-0.3, -0.25) is 10.0 Å². The maximum atomic E-state index is 5.52. The van der Waals surface area contributed by atoms with E-state index in [0.29, 0.717) is 6.04 Å². The van der Waals surface area contributed by atoms with Gasteiger partial charge in [-0.05, 0) is 6.92 Å². The summed E-state index contributed by atoms with van der Waals surface area (Å²) in [5, 5.41) is 4.72. The van der Waals surface area contributed by atoms with Crippen LogP contribution in [0.15, 0.2) is 4.99 Å². The third kappa shape index (κ3) is 1.13. The van der Waals surface area contributed by atoms with Gasteiger partial charge < -0.3 is 5.32 Å². The molecule has 1 atom stereocenters. The van der Waals surface area contributed by atoms with Crippen molar-refractivity contribution in [1.82, 2.24) is 10.3 Å². The van der Waals surface area contributed by atoms with E-state index in [9.17, 15) is 0 Å². The molecule has 0 aliphatic carbocycles. The van der Waals surface area contributed by atoms with Crippen LogP contribution in [-0.2, 0) is 0 Å². The molecule has 1 unspecified atom stereocenters. The number of nitrogens with two attached hydrogens (primary N) is 1. The van der Waals surface area contributed by atoms with Gasteiger partial charge in [0, 0.05) is 13.1 Å². The quantitative estimate of drug-likeness (QED) is 0.417. The summed E-state index contributed by atoms with van der Waals surface area (Å²) in [6, 6.07) is 0.425. The zero-order valence-corrected chi connectivity index (χ0v) is 5.76. The van der Waals surface area contributed by atoms with Crippen molar-refractivity contribution in [3.05, 3.63) is 0 Å². The molecule has 0 aromatic heterocycles. The fraction of sp³-hybridized carbons (Fsp3) is 0.800. The molecule has 0 aromatic rings. The summed E-state index contributed by atoms with van der Waals surface area (Å²) < 4.78 is 0. The standard InChI is InChI=1S/C5H12N4/c1-4-3-9(6)5(7-2)8-4/h4H,3,6H2,1-2H3,(H,7,8). The van der Waals surface area contributed by atoms with Gasteiger partial charge in [0.05, 0.1) is 6.54 Å². The molecule has 9 heavy (non-hydrogen) atoms. The second-order valence-electron chi connectivity index (χ2n) is 2.24. The van der Waals surface area contributed by atoms with Crippen molar-refractivity contribution in [2.45, 2.75) is 13.0 Å². The number of hydrazine groups is 1. The zero-order valence-electron chi connectivity index (χ0n) is 5.76. The molecule has 0 spiro atoms. The first-order chi connectivity index (χ1) is 4.24. The highest BCUT2D eigenvalue weighted by atomic mass is 15.5. The molecule has 4 heteroatoms. The Kier molecular flexibility index (Phi) is 1.57. The lowest BCUT2D eigenvalue weighted by molar-refractivity contribution is 0.460. The average Bonchev–Trinajstić information content (AvgIpc) is 2.10. The van der Waals surface area contributed by atoms with Gasteiger partial charge in [-0.15, -0.1) is 0 Å². The molecule has 1 fully saturated rings. The van der Waals surface area contributed by atoms with Crippen LogP contribution in [0.1, 0.15) is 6.92 Å². The molecule has 0 bridgehead atoms. The van der Waals surface area contributed by atoms with Gasteiger partial charge in [0.15, 0.2) is 0 Å². The lowest BCUT2D eigenvalue weighted by atomic mass is 10.4.